The quantitative estimate of drug-likeness (QED) is 0.288. The van der Waals surface area contributed by atoms with E-state index in [4.69, 9.17) is 9.26 Å². The molecule has 38 heavy (non-hydrogen) atoms. The van der Waals surface area contributed by atoms with Gasteiger partial charge in [-0.25, -0.2) is 0 Å². The number of carbonyl (C=O) groups excluding carboxylic acids is 3. The van der Waals surface area contributed by atoms with Crippen LogP contribution in [0.4, 0.5) is 17.2 Å². The fraction of sp³-hybridized carbons (Fsp3) is 0.318. The van der Waals surface area contributed by atoms with Crippen LogP contribution in [0.2, 0.25) is 0 Å². The van der Waals surface area contributed by atoms with Crippen LogP contribution in [0.1, 0.15) is 34.0 Å². The van der Waals surface area contributed by atoms with Gasteiger partial charge in [0.2, 0.25) is 11.7 Å². The molecule has 1 saturated carbocycles. The van der Waals surface area contributed by atoms with Crippen molar-refractivity contribution in [3.63, 3.8) is 0 Å². The molecule has 1 aromatic carbocycles. The first-order chi connectivity index (χ1) is 18.0. The fourth-order valence-electron chi connectivity index (χ4n) is 3.48. The zero-order chi connectivity index (χ0) is 27.6. The summed E-state index contributed by atoms with van der Waals surface area (Å²) < 4.78 is 10.8. The highest BCUT2D eigenvalue weighted by Gasteiger charge is 2.30. The molecule has 0 aliphatic heterocycles. The molecule has 1 fully saturated rings. The maximum Gasteiger partial charge on any atom is 0.316 e. The molecule has 194 valence electrons. The van der Waals surface area contributed by atoms with Gasteiger partial charge in [0.05, 0.1) is 24.0 Å². The van der Waals surface area contributed by atoms with Crippen LogP contribution in [-0.4, -0.2) is 92.9 Å². The second-order valence-electron chi connectivity index (χ2n) is 10.1. The van der Waals surface area contributed by atoms with Gasteiger partial charge in [0.15, 0.2) is 17.3 Å². The summed E-state index contributed by atoms with van der Waals surface area (Å²) in [5.74, 6) is -0.545. The minimum absolute atomic E-state index is 0.0234. The SMILES string of the molecule is BC(B)(B)NC(=O)c1nnc(NC(=O)C2CC2)cc1Nc1cccc(-c2noc(C(=O)N(C)C)n2)c1OC. The Morgan fingerprint density at radius 2 is 1.87 bits per heavy atom. The zero-order valence-electron chi connectivity index (χ0n) is 22.1. The molecule has 3 amide bonds. The third kappa shape index (κ3) is 6.13. The van der Waals surface area contributed by atoms with Crippen LogP contribution in [-0.2, 0) is 4.79 Å². The van der Waals surface area contributed by atoms with Crippen molar-refractivity contribution in [3.8, 4) is 17.1 Å². The Labute approximate surface area is 221 Å². The van der Waals surface area contributed by atoms with Crippen molar-refractivity contribution in [3.05, 3.63) is 35.9 Å². The van der Waals surface area contributed by atoms with E-state index in [9.17, 15) is 14.4 Å². The third-order valence-corrected chi connectivity index (χ3v) is 5.44. The zero-order valence-corrected chi connectivity index (χ0v) is 22.1. The summed E-state index contributed by atoms with van der Waals surface area (Å²) in [6, 6.07) is 6.70. The van der Waals surface area contributed by atoms with Gasteiger partial charge in [0.25, 0.3) is 5.91 Å². The summed E-state index contributed by atoms with van der Waals surface area (Å²) in [4.78, 5) is 43.1. The van der Waals surface area contributed by atoms with E-state index in [1.807, 2.05) is 23.5 Å². The number of ether oxygens (including phenoxy) is 1. The van der Waals surface area contributed by atoms with Gasteiger partial charge >= 0.3 is 11.8 Å². The maximum atomic E-state index is 13.0. The lowest BCUT2D eigenvalue weighted by atomic mass is 9.49. The molecule has 0 spiro atoms. The van der Waals surface area contributed by atoms with E-state index in [1.165, 1.54) is 12.0 Å². The van der Waals surface area contributed by atoms with Gasteiger partial charge in [0, 0.05) is 26.1 Å². The van der Waals surface area contributed by atoms with Crippen molar-refractivity contribution in [1.29, 1.82) is 0 Å². The standard InChI is InChI=1S/C22H27B3N8O5/c1-33(2)21(36)20-28-17(32-38-20)11-5-4-6-12(16(11)37-3)26-13-9-14(27-18(34)10-7-8-10)30-31-15(13)19(35)29-22(23,24)25/h4-6,9-10H,7-8,23-25H2,1-3H3,(H,29,35)(H2,26,27,30,34). The van der Waals surface area contributed by atoms with E-state index < -0.39 is 17.1 Å². The van der Waals surface area contributed by atoms with Crippen molar-refractivity contribution >= 4 is 58.5 Å². The molecule has 0 unspecified atom stereocenters. The average molecular weight is 516 g/mol. The molecule has 3 aromatic rings. The first-order valence-electron chi connectivity index (χ1n) is 12.0. The second kappa shape index (κ2) is 10.6. The monoisotopic (exact) mass is 516 g/mol. The maximum absolute atomic E-state index is 13.0. The predicted molar refractivity (Wildman–Crippen MR) is 147 cm³/mol. The van der Waals surface area contributed by atoms with Crippen LogP contribution in [0.25, 0.3) is 11.4 Å². The van der Waals surface area contributed by atoms with Crippen molar-refractivity contribution in [2.45, 2.75) is 18.1 Å². The number of rotatable bonds is 9. The summed E-state index contributed by atoms with van der Waals surface area (Å²) in [6.45, 7) is 0. The minimum Gasteiger partial charge on any atom is -0.494 e. The number of carbonyl (C=O) groups is 3. The number of para-hydroxylation sites is 1. The van der Waals surface area contributed by atoms with Gasteiger partial charge in [-0.1, -0.05) is 11.2 Å². The Morgan fingerprint density at radius 1 is 1.13 bits per heavy atom. The minimum atomic E-state index is -0.521. The van der Waals surface area contributed by atoms with Crippen LogP contribution in [0.3, 0.4) is 0 Å². The van der Waals surface area contributed by atoms with E-state index >= 15 is 0 Å². The predicted octanol–water partition coefficient (Wildman–Crippen LogP) is -1.43. The second-order valence-corrected chi connectivity index (χ2v) is 10.1. The van der Waals surface area contributed by atoms with Crippen LogP contribution in [0.15, 0.2) is 28.8 Å². The molecule has 2 heterocycles. The fourth-order valence-corrected chi connectivity index (χ4v) is 3.48. The van der Waals surface area contributed by atoms with E-state index in [1.54, 1.807) is 38.4 Å². The normalized spacial score (nSPS) is 12.9. The summed E-state index contributed by atoms with van der Waals surface area (Å²) in [5, 5.41) is 20.3. The Bertz CT molecular complexity index is 1390. The van der Waals surface area contributed by atoms with Crippen molar-refractivity contribution in [2.24, 2.45) is 5.92 Å². The van der Waals surface area contributed by atoms with Crippen LogP contribution in [0.5, 0.6) is 5.75 Å². The molecule has 0 bridgehead atoms. The number of aromatic nitrogens is 4. The molecule has 16 heteroatoms. The molecule has 13 nitrogen and oxygen atoms in total. The summed E-state index contributed by atoms with van der Waals surface area (Å²) in [5.41, 5.74) is 1.21. The Morgan fingerprint density at radius 3 is 2.50 bits per heavy atom. The molecule has 1 aliphatic carbocycles. The third-order valence-electron chi connectivity index (χ3n) is 5.44. The molecular formula is C22H27B3N8O5. The number of amides is 3. The Balaban J connectivity index is 1.71. The number of methoxy groups -OCH3 is 1. The first kappa shape index (κ1) is 26.7. The van der Waals surface area contributed by atoms with Gasteiger partial charge in [-0.2, -0.15) is 4.98 Å². The van der Waals surface area contributed by atoms with Crippen LogP contribution in [0, 0.1) is 5.92 Å². The van der Waals surface area contributed by atoms with Gasteiger partial charge < -0.3 is 30.1 Å². The molecule has 4 rings (SSSR count). The lowest BCUT2D eigenvalue weighted by molar-refractivity contribution is -0.117. The van der Waals surface area contributed by atoms with E-state index in [2.05, 4.69) is 36.3 Å². The number of benzene rings is 1. The molecular weight excluding hydrogens is 489 g/mol. The van der Waals surface area contributed by atoms with Crippen molar-refractivity contribution < 1.29 is 23.6 Å². The molecule has 0 atom stereocenters. The smallest absolute Gasteiger partial charge is 0.316 e. The Kier molecular flexibility index (Phi) is 7.42. The summed E-state index contributed by atoms with van der Waals surface area (Å²) in [7, 11) is 10.2. The molecule has 1 aliphatic rings. The average Bonchev–Trinajstić information content (AvgIpc) is 3.59. The lowest BCUT2D eigenvalue weighted by Gasteiger charge is -2.21. The Hall–Kier alpha value is -4.36. The number of nitrogens with one attached hydrogen (secondary N) is 3. The van der Waals surface area contributed by atoms with Gasteiger partial charge in [-0.15, -0.1) is 10.2 Å². The molecule has 3 N–H and O–H groups in total. The van der Waals surface area contributed by atoms with E-state index in [0.717, 1.165) is 12.8 Å². The highest BCUT2D eigenvalue weighted by molar-refractivity contribution is 6.60. The van der Waals surface area contributed by atoms with E-state index in [-0.39, 0.29) is 35.1 Å². The summed E-state index contributed by atoms with van der Waals surface area (Å²) >= 11 is 0. The van der Waals surface area contributed by atoms with Crippen molar-refractivity contribution in [1.82, 2.24) is 30.6 Å². The van der Waals surface area contributed by atoms with E-state index in [0.29, 0.717) is 22.7 Å². The lowest BCUT2D eigenvalue weighted by Crippen LogP contribution is -2.50. The number of hydrogen-bond acceptors (Lipinski definition) is 10. The molecule has 2 aromatic heterocycles. The largest absolute Gasteiger partial charge is 0.494 e. The van der Waals surface area contributed by atoms with Gasteiger partial charge in [-0.05, 0) is 30.2 Å². The number of hydrogen-bond donors (Lipinski definition) is 3. The topological polar surface area (TPSA) is 164 Å². The molecule has 0 radical (unpaired) electrons. The number of anilines is 3. The van der Waals surface area contributed by atoms with Crippen LogP contribution >= 0.6 is 0 Å². The summed E-state index contributed by atoms with van der Waals surface area (Å²) in [6.07, 6.45) is 1.66. The van der Waals surface area contributed by atoms with Crippen LogP contribution < -0.4 is 20.7 Å². The van der Waals surface area contributed by atoms with Gasteiger partial charge in [0.1, 0.15) is 23.5 Å². The first-order valence-corrected chi connectivity index (χ1v) is 12.0. The molecule has 0 saturated heterocycles. The highest BCUT2D eigenvalue weighted by Crippen LogP contribution is 2.37. The van der Waals surface area contributed by atoms with Gasteiger partial charge in [-0.3, -0.25) is 14.4 Å². The number of nitrogens with zero attached hydrogens (tertiary/aromatic N) is 5. The van der Waals surface area contributed by atoms with Crippen molar-refractivity contribution in [2.75, 3.05) is 31.8 Å². The highest BCUT2D eigenvalue weighted by atomic mass is 16.5.